The number of nitrogens with zero attached hydrogens (tertiary/aromatic N) is 1. The van der Waals surface area contributed by atoms with E-state index < -0.39 is 0 Å². The van der Waals surface area contributed by atoms with Crippen molar-refractivity contribution in [2.24, 2.45) is 5.92 Å². The van der Waals surface area contributed by atoms with Gasteiger partial charge in [0.2, 0.25) is 0 Å². The van der Waals surface area contributed by atoms with Crippen LogP contribution in [0.2, 0.25) is 0 Å². The molecule has 0 saturated carbocycles. The molecule has 1 unspecified atom stereocenters. The average molecular weight is 313 g/mol. The Balaban J connectivity index is 1.78. The molecule has 6 rings (SSSR count). The van der Waals surface area contributed by atoms with Crippen LogP contribution < -0.4 is 0 Å². The highest BCUT2D eigenvalue weighted by Crippen LogP contribution is 2.44. The monoisotopic (exact) mass is 313 g/mol. The molecule has 1 atom stereocenters. The van der Waals surface area contributed by atoms with Crippen LogP contribution in [-0.2, 0) is 0 Å². The highest BCUT2D eigenvalue weighted by Gasteiger charge is 2.35. The summed E-state index contributed by atoms with van der Waals surface area (Å²) in [5.41, 5.74) is 2.83. The lowest BCUT2D eigenvalue weighted by atomic mass is 9.78. The maximum Gasteiger partial charge on any atom is 0.0362 e. The van der Waals surface area contributed by atoms with Crippen LogP contribution in [0.25, 0.3) is 27.6 Å². The molecule has 0 spiro atoms. The zero-order chi connectivity index (χ0) is 16.1. The van der Waals surface area contributed by atoms with Gasteiger partial charge in [0.15, 0.2) is 0 Å². The van der Waals surface area contributed by atoms with E-state index in [-0.39, 0.29) is 0 Å². The van der Waals surface area contributed by atoms with E-state index in [0.717, 1.165) is 5.92 Å². The number of fused-ring (bicyclic) bond motifs is 5. The molecule has 3 aliphatic heterocycles. The Labute approximate surface area is 143 Å². The van der Waals surface area contributed by atoms with Crippen LogP contribution in [0.3, 0.4) is 0 Å². The van der Waals surface area contributed by atoms with Crippen molar-refractivity contribution < 1.29 is 0 Å². The Kier molecular flexibility index (Phi) is 3.24. The Morgan fingerprint density at radius 3 is 2.33 bits per heavy atom. The Morgan fingerprint density at radius 1 is 0.917 bits per heavy atom. The molecule has 3 saturated heterocycles. The predicted octanol–water partition coefficient (Wildman–Crippen LogP) is 5.79. The van der Waals surface area contributed by atoms with Crippen LogP contribution in [-0.4, -0.2) is 18.0 Å². The number of piperidine rings is 3. The van der Waals surface area contributed by atoms with Crippen LogP contribution in [0.4, 0.5) is 0 Å². The smallest absolute Gasteiger partial charge is 0.0362 e. The number of benzene rings is 3. The van der Waals surface area contributed by atoms with Crippen molar-refractivity contribution in [3.05, 3.63) is 66.2 Å². The molecule has 3 aromatic rings. The van der Waals surface area contributed by atoms with E-state index in [1.54, 1.807) is 0 Å². The molecule has 0 aliphatic carbocycles. The first kappa shape index (κ1) is 14.2. The van der Waals surface area contributed by atoms with E-state index in [1.807, 2.05) is 6.08 Å². The maximum absolute atomic E-state index is 4.10. The SMILES string of the molecule is C=Cc1ccc2cc3ccccc3cc2c1C1CC2CCN1CC2. The van der Waals surface area contributed by atoms with Crippen LogP contribution in [0, 0.1) is 5.92 Å². The summed E-state index contributed by atoms with van der Waals surface area (Å²) in [5.74, 6) is 0.911. The summed E-state index contributed by atoms with van der Waals surface area (Å²) in [5, 5.41) is 5.44. The minimum Gasteiger partial charge on any atom is -0.296 e. The highest BCUT2D eigenvalue weighted by atomic mass is 15.2. The number of rotatable bonds is 2. The van der Waals surface area contributed by atoms with Gasteiger partial charge in [-0.3, -0.25) is 4.90 Å². The van der Waals surface area contributed by atoms with Crippen molar-refractivity contribution in [1.29, 1.82) is 0 Å². The fraction of sp³-hybridized carbons (Fsp3) is 0.304. The summed E-state index contributed by atoms with van der Waals surface area (Å²) in [7, 11) is 0. The summed E-state index contributed by atoms with van der Waals surface area (Å²) in [4.78, 5) is 2.71. The van der Waals surface area contributed by atoms with E-state index in [0.29, 0.717) is 6.04 Å². The molecule has 3 aromatic carbocycles. The first-order chi connectivity index (χ1) is 11.8. The van der Waals surface area contributed by atoms with Crippen molar-refractivity contribution in [1.82, 2.24) is 4.90 Å². The molecule has 0 amide bonds. The van der Waals surface area contributed by atoms with E-state index >= 15 is 0 Å². The molecule has 1 heteroatoms. The maximum atomic E-state index is 4.10. The third kappa shape index (κ3) is 2.12. The van der Waals surface area contributed by atoms with Crippen molar-refractivity contribution in [2.75, 3.05) is 13.1 Å². The largest absolute Gasteiger partial charge is 0.296 e. The van der Waals surface area contributed by atoms with Gasteiger partial charge in [0.05, 0.1) is 0 Å². The molecule has 3 fully saturated rings. The van der Waals surface area contributed by atoms with Crippen LogP contribution >= 0.6 is 0 Å². The number of hydrogen-bond donors (Lipinski definition) is 0. The minimum atomic E-state index is 0.565. The van der Waals surface area contributed by atoms with Crippen molar-refractivity contribution >= 4 is 27.6 Å². The van der Waals surface area contributed by atoms with Gasteiger partial charge in [-0.1, -0.05) is 49.1 Å². The first-order valence-corrected chi connectivity index (χ1v) is 9.15. The van der Waals surface area contributed by atoms with Gasteiger partial charge >= 0.3 is 0 Å². The third-order valence-corrected chi connectivity index (χ3v) is 6.16. The third-order valence-electron chi connectivity index (χ3n) is 6.16. The lowest BCUT2D eigenvalue weighted by molar-refractivity contribution is 0.0497. The fourth-order valence-corrected chi connectivity index (χ4v) is 4.87. The zero-order valence-electron chi connectivity index (χ0n) is 14.0. The fourth-order valence-electron chi connectivity index (χ4n) is 4.87. The number of hydrogen-bond acceptors (Lipinski definition) is 1. The minimum absolute atomic E-state index is 0.565. The van der Waals surface area contributed by atoms with Crippen LogP contribution in [0.15, 0.2) is 55.1 Å². The van der Waals surface area contributed by atoms with E-state index in [9.17, 15) is 0 Å². The molecule has 1 nitrogen and oxygen atoms in total. The molecule has 0 aromatic heterocycles. The standard InChI is InChI=1S/C23H23N/c1-2-17-7-8-20-14-18-5-3-4-6-19(18)15-21(20)23(17)22-13-16-9-11-24(22)12-10-16/h2-8,14-16,22H,1,9-13H2. The normalized spacial score (nSPS) is 26.1. The van der Waals surface area contributed by atoms with E-state index in [4.69, 9.17) is 0 Å². The Morgan fingerprint density at radius 2 is 1.67 bits per heavy atom. The first-order valence-electron chi connectivity index (χ1n) is 9.15. The Hall–Kier alpha value is -2.12. The zero-order valence-corrected chi connectivity index (χ0v) is 14.0. The molecular formula is C23H23N. The quantitative estimate of drug-likeness (QED) is 0.541. The van der Waals surface area contributed by atoms with Crippen LogP contribution in [0.1, 0.15) is 36.4 Å². The predicted molar refractivity (Wildman–Crippen MR) is 103 cm³/mol. The van der Waals surface area contributed by atoms with E-state index in [2.05, 4.69) is 60.0 Å². The molecule has 2 bridgehead atoms. The van der Waals surface area contributed by atoms with Gasteiger partial charge in [0.1, 0.15) is 0 Å². The second-order valence-corrected chi connectivity index (χ2v) is 7.42. The van der Waals surface area contributed by atoms with Gasteiger partial charge in [0.25, 0.3) is 0 Å². The highest BCUT2D eigenvalue weighted by molar-refractivity contribution is 6.01. The van der Waals surface area contributed by atoms with Gasteiger partial charge in [-0.05, 0) is 83.1 Å². The summed E-state index contributed by atoms with van der Waals surface area (Å²) in [6.07, 6.45) is 6.13. The molecule has 3 heterocycles. The van der Waals surface area contributed by atoms with Gasteiger partial charge in [-0.2, -0.15) is 0 Å². The topological polar surface area (TPSA) is 3.24 Å². The lowest BCUT2D eigenvalue weighted by Crippen LogP contribution is -2.43. The molecule has 0 radical (unpaired) electrons. The average Bonchev–Trinajstić information content (AvgIpc) is 2.66. The summed E-state index contributed by atoms with van der Waals surface area (Å²) in [6.45, 7) is 6.62. The molecular weight excluding hydrogens is 290 g/mol. The van der Waals surface area contributed by atoms with E-state index in [1.165, 1.54) is 65.0 Å². The lowest BCUT2D eigenvalue weighted by Gasteiger charge is -2.46. The molecule has 24 heavy (non-hydrogen) atoms. The Bertz CT molecular complexity index is 931. The van der Waals surface area contributed by atoms with Crippen molar-refractivity contribution in [3.8, 4) is 0 Å². The van der Waals surface area contributed by atoms with Gasteiger partial charge in [-0.15, -0.1) is 0 Å². The summed E-state index contributed by atoms with van der Waals surface area (Å²) in [6, 6.07) is 18.5. The van der Waals surface area contributed by atoms with Gasteiger partial charge < -0.3 is 0 Å². The van der Waals surface area contributed by atoms with Crippen molar-refractivity contribution in [2.45, 2.75) is 25.3 Å². The second kappa shape index (κ2) is 5.46. The second-order valence-electron chi connectivity index (χ2n) is 7.42. The van der Waals surface area contributed by atoms with Gasteiger partial charge in [-0.25, -0.2) is 0 Å². The summed E-state index contributed by atoms with van der Waals surface area (Å²) >= 11 is 0. The van der Waals surface area contributed by atoms with Crippen molar-refractivity contribution in [3.63, 3.8) is 0 Å². The van der Waals surface area contributed by atoms with Gasteiger partial charge in [0, 0.05) is 6.04 Å². The molecule has 120 valence electrons. The molecule has 0 N–H and O–H groups in total. The molecule has 3 aliphatic rings. The van der Waals surface area contributed by atoms with Crippen LogP contribution in [0.5, 0.6) is 0 Å². The summed E-state index contributed by atoms with van der Waals surface area (Å²) < 4.78 is 0.